The van der Waals surface area contributed by atoms with E-state index in [0.717, 1.165) is 17.7 Å². The lowest BCUT2D eigenvalue weighted by Gasteiger charge is -2.11. The number of ether oxygens (including phenoxy) is 2. The normalized spacial score (nSPS) is 13.0. The Labute approximate surface area is 161 Å². The van der Waals surface area contributed by atoms with Crippen LogP contribution in [0.4, 0.5) is 13.2 Å². The Bertz CT molecular complexity index is 1000. The van der Waals surface area contributed by atoms with Gasteiger partial charge in [0.2, 0.25) is 0 Å². The van der Waals surface area contributed by atoms with Gasteiger partial charge in [-0.2, -0.15) is 13.2 Å². The third kappa shape index (κ3) is 4.50. The molecule has 0 aliphatic heterocycles. The molecule has 10 heteroatoms. The molecule has 3 aromatic rings. The first-order chi connectivity index (χ1) is 13.3. The molecular formula is C18H18F3N3O3S. The van der Waals surface area contributed by atoms with Crippen LogP contribution in [0.5, 0.6) is 5.75 Å². The number of hydrogen-bond donors (Lipinski definition) is 1. The van der Waals surface area contributed by atoms with Gasteiger partial charge in [-0.15, -0.1) is 0 Å². The highest BCUT2D eigenvalue weighted by molar-refractivity contribution is 7.84. The summed E-state index contributed by atoms with van der Waals surface area (Å²) < 4.78 is 61.7. The van der Waals surface area contributed by atoms with Crippen LogP contribution in [0.25, 0.3) is 11.0 Å². The van der Waals surface area contributed by atoms with Crippen LogP contribution in [0.3, 0.4) is 0 Å². The molecule has 0 aliphatic carbocycles. The fourth-order valence-electron chi connectivity index (χ4n) is 2.56. The highest BCUT2D eigenvalue weighted by atomic mass is 32.2. The van der Waals surface area contributed by atoms with Gasteiger partial charge in [0.05, 0.1) is 45.5 Å². The van der Waals surface area contributed by atoms with Gasteiger partial charge in [-0.25, -0.2) is 4.98 Å². The van der Waals surface area contributed by atoms with Gasteiger partial charge in [-0.05, 0) is 31.2 Å². The fourth-order valence-corrected chi connectivity index (χ4v) is 3.66. The molecule has 150 valence electrons. The maximum atomic E-state index is 12.8. The van der Waals surface area contributed by atoms with E-state index < -0.39 is 22.5 Å². The molecular weight excluding hydrogens is 395 g/mol. The van der Waals surface area contributed by atoms with Crippen LogP contribution in [0.15, 0.2) is 35.6 Å². The number of methoxy groups -OCH3 is 1. The molecule has 28 heavy (non-hydrogen) atoms. The fraction of sp³-hybridized carbons (Fsp3) is 0.333. The summed E-state index contributed by atoms with van der Waals surface area (Å²) in [4.78, 5) is 11.1. The summed E-state index contributed by atoms with van der Waals surface area (Å²) >= 11 is 0. The van der Waals surface area contributed by atoms with Gasteiger partial charge in [0.1, 0.15) is 12.4 Å². The van der Waals surface area contributed by atoms with E-state index in [0.29, 0.717) is 30.2 Å². The molecule has 1 aromatic carbocycles. The number of benzene rings is 1. The summed E-state index contributed by atoms with van der Waals surface area (Å²) in [6, 6.07) is 4.86. The third-order valence-corrected chi connectivity index (χ3v) is 5.23. The van der Waals surface area contributed by atoms with Crippen LogP contribution in [0.1, 0.15) is 16.8 Å². The smallest absolute Gasteiger partial charge is 0.416 e. The maximum Gasteiger partial charge on any atom is 0.416 e. The molecule has 0 saturated carbocycles. The monoisotopic (exact) mass is 413 g/mol. The number of hydrogen-bond acceptors (Lipinski definition) is 5. The quantitative estimate of drug-likeness (QED) is 0.599. The highest BCUT2D eigenvalue weighted by Gasteiger charge is 2.30. The number of rotatable bonds is 7. The van der Waals surface area contributed by atoms with Crippen molar-refractivity contribution >= 4 is 21.8 Å². The Balaban J connectivity index is 1.80. The minimum absolute atomic E-state index is 0.0548. The van der Waals surface area contributed by atoms with Crippen molar-refractivity contribution < 1.29 is 26.9 Å². The Hall–Kier alpha value is -2.46. The number of alkyl halides is 3. The first-order valence-corrected chi connectivity index (χ1v) is 9.63. The number of nitrogens with one attached hydrogen (secondary N) is 1. The molecule has 2 heterocycles. The van der Waals surface area contributed by atoms with Gasteiger partial charge in [-0.1, -0.05) is 0 Å². The van der Waals surface area contributed by atoms with Crippen LogP contribution in [-0.4, -0.2) is 39.5 Å². The van der Waals surface area contributed by atoms with Gasteiger partial charge in [0, 0.05) is 18.9 Å². The molecule has 0 aliphatic rings. The van der Waals surface area contributed by atoms with Crippen molar-refractivity contribution in [2.24, 2.45) is 0 Å². The molecule has 6 nitrogen and oxygen atoms in total. The minimum atomic E-state index is -4.46. The molecule has 0 bridgehead atoms. The Morgan fingerprint density at radius 1 is 1.21 bits per heavy atom. The van der Waals surface area contributed by atoms with Crippen molar-refractivity contribution in [3.63, 3.8) is 0 Å². The van der Waals surface area contributed by atoms with Crippen molar-refractivity contribution in [3.05, 3.63) is 47.3 Å². The van der Waals surface area contributed by atoms with Gasteiger partial charge < -0.3 is 14.5 Å². The zero-order chi connectivity index (χ0) is 20.3. The van der Waals surface area contributed by atoms with E-state index in [1.54, 1.807) is 26.3 Å². The molecule has 0 spiro atoms. The zero-order valence-corrected chi connectivity index (χ0v) is 16.0. The number of aromatic amines is 1. The van der Waals surface area contributed by atoms with Gasteiger partial charge in [0.25, 0.3) is 0 Å². The zero-order valence-electron chi connectivity index (χ0n) is 15.2. The minimum Gasteiger partial charge on any atom is -0.491 e. The lowest BCUT2D eigenvalue weighted by molar-refractivity contribution is -0.137. The SMILES string of the molecule is COCCOc1ccnc(CS(=O)c2nc3ccc(C(F)(F)F)cc3[nH]2)c1C. The number of nitrogens with zero attached hydrogens (tertiary/aromatic N) is 2. The molecule has 0 radical (unpaired) electrons. The van der Waals surface area contributed by atoms with Crippen LogP contribution in [-0.2, 0) is 27.5 Å². The van der Waals surface area contributed by atoms with Crippen LogP contribution >= 0.6 is 0 Å². The Morgan fingerprint density at radius 3 is 2.71 bits per heavy atom. The molecule has 0 fully saturated rings. The van der Waals surface area contributed by atoms with E-state index in [2.05, 4.69) is 15.0 Å². The van der Waals surface area contributed by atoms with Crippen LogP contribution < -0.4 is 4.74 Å². The first kappa shape index (κ1) is 20.3. The standard InChI is InChI=1S/C18H18F3N3O3S/c1-11-15(22-6-5-16(11)27-8-7-26-2)10-28(25)17-23-13-4-3-12(18(19,20)21)9-14(13)24-17/h3-6,9H,7-8,10H2,1-2H3,(H,23,24). The molecule has 3 rings (SSSR count). The Kier molecular flexibility index (Phi) is 5.99. The number of aromatic nitrogens is 3. The second-order valence-corrected chi connectivity index (χ2v) is 7.35. The summed E-state index contributed by atoms with van der Waals surface area (Å²) in [5.74, 6) is 0.665. The first-order valence-electron chi connectivity index (χ1n) is 8.31. The van der Waals surface area contributed by atoms with Crippen molar-refractivity contribution in [1.82, 2.24) is 15.0 Å². The highest BCUT2D eigenvalue weighted by Crippen LogP contribution is 2.31. The summed E-state index contributed by atoms with van der Waals surface area (Å²) in [6.07, 6.45) is -2.90. The van der Waals surface area contributed by atoms with Crippen LogP contribution in [0, 0.1) is 6.92 Å². The second-order valence-electron chi connectivity index (χ2n) is 5.98. The number of fused-ring (bicyclic) bond motifs is 1. The molecule has 2 aromatic heterocycles. The van der Waals surface area contributed by atoms with Gasteiger partial charge in [-0.3, -0.25) is 9.19 Å². The molecule has 0 amide bonds. The lowest BCUT2D eigenvalue weighted by atomic mass is 10.2. The topological polar surface area (TPSA) is 77.1 Å². The average molecular weight is 413 g/mol. The van der Waals surface area contributed by atoms with E-state index in [-0.39, 0.29) is 16.4 Å². The summed E-state index contributed by atoms with van der Waals surface area (Å²) in [7, 11) is -0.0396. The van der Waals surface area contributed by atoms with Gasteiger partial charge >= 0.3 is 6.18 Å². The van der Waals surface area contributed by atoms with Crippen molar-refractivity contribution in [2.75, 3.05) is 20.3 Å². The summed E-state index contributed by atoms with van der Waals surface area (Å²) in [5, 5.41) is 0.0984. The van der Waals surface area contributed by atoms with Crippen molar-refractivity contribution in [2.45, 2.75) is 24.0 Å². The second kappa shape index (κ2) is 8.27. The van der Waals surface area contributed by atoms with E-state index >= 15 is 0 Å². The summed E-state index contributed by atoms with van der Waals surface area (Å²) in [5.41, 5.74) is 1.00. The average Bonchev–Trinajstić information content (AvgIpc) is 3.07. The number of halogens is 3. The molecule has 0 saturated heterocycles. The number of pyridine rings is 1. The summed E-state index contributed by atoms with van der Waals surface area (Å²) in [6.45, 7) is 2.60. The molecule has 1 N–H and O–H groups in total. The predicted molar refractivity (Wildman–Crippen MR) is 97.6 cm³/mol. The number of H-pyrrole nitrogens is 1. The number of imidazole rings is 1. The van der Waals surface area contributed by atoms with Crippen LogP contribution in [0.2, 0.25) is 0 Å². The molecule has 1 unspecified atom stereocenters. The lowest BCUT2D eigenvalue weighted by Crippen LogP contribution is -2.08. The van der Waals surface area contributed by atoms with Crippen molar-refractivity contribution in [1.29, 1.82) is 0 Å². The largest absolute Gasteiger partial charge is 0.491 e. The Morgan fingerprint density at radius 2 is 2.00 bits per heavy atom. The van der Waals surface area contributed by atoms with E-state index in [1.165, 1.54) is 6.07 Å². The van der Waals surface area contributed by atoms with E-state index in [9.17, 15) is 17.4 Å². The predicted octanol–water partition coefficient (Wildman–Crippen LogP) is 3.62. The van der Waals surface area contributed by atoms with Crippen molar-refractivity contribution in [3.8, 4) is 5.75 Å². The maximum absolute atomic E-state index is 12.8. The van der Waals surface area contributed by atoms with E-state index in [1.807, 2.05) is 0 Å². The third-order valence-electron chi connectivity index (χ3n) is 4.07. The van der Waals surface area contributed by atoms with E-state index in [4.69, 9.17) is 9.47 Å². The molecule has 1 atom stereocenters. The van der Waals surface area contributed by atoms with Gasteiger partial charge in [0.15, 0.2) is 5.16 Å².